The lowest BCUT2D eigenvalue weighted by atomic mass is 9.74. The van der Waals surface area contributed by atoms with Crippen molar-refractivity contribution >= 4 is 23.3 Å². The van der Waals surface area contributed by atoms with Crippen LogP contribution in [0.2, 0.25) is 0 Å². The first-order chi connectivity index (χ1) is 11.5. The van der Waals surface area contributed by atoms with Gasteiger partial charge in [0, 0.05) is 11.1 Å². The lowest BCUT2D eigenvalue weighted by molar-refractivity contribution is -0.134. The molecular formula is C17H26N4O2S. The number of hydrogen-bond donors (Lipinski definition) is 2. The maximum atomic E-state index is 13.3. The Morgan fingerprint density at radius 3 is 2.75 bits per heavy atom. The van der Waals surface area contributed by atoms with E-state index in [1.54, 1.807) is 11.7 Å². The van der Waals surface area contributed by atoms with E-state index in [0.717, 1.165) is 43.6 Å². The maximum Gasteiger partial charge on any atom is 0.325 e. The molecule has 2 aliphatic heterocycles. The summed E-state index contributed by atoms with van der Waals surface area (Å²) in [5, 5.41) is 6.45. The zero-order valence-electron chi connectivity index (χ0n) is 14.4. The van der Waals surface area contributed by atoms with Crippen LogP contribution in [0.1, 0.15) is 44.4 Å². The molecule has 1 atom stereocenters. The van der Waals surface area contributed by atoms with Gasteiger partial charge in [-0.1, -0.05) is 13.8 Å². The summed E-state index contributed by atoms with van der Waals surface area (Å²) in [6.07, 6.45) is 5.24. The molecule has 132 valence electrons. The fraction of sp³-hybridized carbons (Fsp3) is 0.706. The minimum atomic E-state index is -0.728. The van der Waals surface area contributed by atoms with Gasteiger partial charge < -0.3 is 10.6 Å². The first kappa shape index (κ1) is 17.4. The first-order valence-corrected chi connectivity index (χ1v) is 9.63. The normalized spacial score (nSPS) is 25.5. The minimum Gasteiger partial charge on any atom is -0.323 e. The van der Waals surface area contributed by atoms with Gasteiger partial charge in [-0.15, -0.1) is 11.3 Å². The van der Waals surface area contributed by atoms with Crippen LogP contribution in [0.3, 0.4) is 0 Å². The van der Waals surface area contributed by atoms with E-state index in [9.17, 15) is 9.59 Å². The highest BCUT2D eigenvalue weighted by molar-refractivity contribution is 7.09. The number of aromatic nitrogens is 1. The number of nitrogens with one attached hydrogen (secondary N) is 2. The van der Waals surface area contributed by atoms with Crippen LogP contribution in [0.15, 0.2) is 11.7 Å². The molecule has 0 bridgehead atoms. The van der Waals surface area contributed by atoms with E-state index in [1.165, 1.54) is 16.2 Å². The summed E-state index contributed by atoms with van der Waals surface area (Å²) in [5.74, 6) is 0.665. The van der Waals surface area contributed by atoms with Gasteiger partial charge in [0.15, 0.2) is 0 Å². The van der Waals surface area contributed by atoms with Gasteiger partial charge in [-0.2, -0.15) is 0 Å². The van der Waals surface area contributed by atoms with E-state index in [2.05, 4.69) is 29.5 Å². The van der Waals surface area contributed by atoms with E-state index in [0.29, 0.717) is 12.5 Å². The number of hydrogen-bond acceptors (Lipinski definition) is 5. The van der Waals surface area contributed by atoms with Crippen molar-refractivity contribution in [3.05, 3.63) is 16.6 Å². The molecule has 0 aromatic carbocycles. The lowest BCUT2D eigenvalue weighted by Crippen LogP contribution is -2.55. The molecule has 6 nitrogen and oxygen atoms in total. The van der Waals surface area contributed by atoms with Crippen LogP contribution in [0.5, 0.6) is 0 Å². The fourth-order valence-corrected chi connectivity index (χ4v) is 4.33. The summed E-state index contributed by atoms with van der Waals surface area (Å²) in [5.41, 5.74) is 1.00. The second kappa shape index (κ2) is 7.19. The van der Waals surface area contributed by atoms with E-state index in [4.69, 9.17) is 0 Å². The van der Waals surface area contributed by atoms with E-state index < -0.39 is 5.54 Å². The average molecular weight is 350 g/mol. The largest absolute Gasteiger partial charge is 0.325 e. The molecule has 0 saturated carbocycles. The van der Waals surface area contributed by atoms with Crippen molar-refractivity contribution in [2.24, 2.45) is 11.8 Å². The number of nitrogens with zero attached hydrogens (tertiary/aromatic N) is 2. The molecule has 3 heterocycles. The molecule has 0 aliphatic carbocycles. The average Bonchev–Trinajstić information content (AvgIpc) is 3.17. The number of piperidine rings is 1. The molecule has 2 aliphatic rings. The van der Waals surface area contributed by atoms with Crippen LogP contribution in [0, 0.1) is 11.8 Å². The van der Waals surface area contributed by atoms with Crippen LogP contribution in [-0.4, -0.2) is 40.5 Å². The predicted molar refractivity (Wildman–Crippen MR) is 93.6 cm³/mol. The SMILES string of the molecule is CC(C)CCC1(C2CCNCC2)NC(=O)N(Cc2cncs2)C1=O. The van der Waals surface area contributed by atoms with Gasteiger partial charge in [0.2, 0.25) is 0 Å². The predicted octanol–water partition coefficient (Wildman–Crippen LogP) is 2.37. The second-order valence-corrected chi connectivity index (χ2v) is 8.19. The molecule has 2 fully saturated rings. The standard InChI is InChI=1S/C17H26N4O2S/c1-12(2)3-6-17(13-4-7-18-8-5-13)15(22)21(16(23)20-17)10-14-9-19-11-24-14/h9,11-13,18H,3-8,10H2,1-2H3,(H,20,23). The Kier molecular flexibility index (Phi) is 5.20. The Morgan fingerprint density at radius 1 is 1.38 bits per heavy atom. The van der Waals surface area contributed by atoms with Gasteiger partial charge in [0.25, 0.3) is 5.91 Å². The summed E-state index contributed by atoms with van der Waals surface area (Å²) in [7, 11) is 0. The molecule has 0 spiro atoms. The highest BCUT2D eigenvalue weighted by Gasteiger charge is 2.55. The number of rotatable bonds is 6. The van der Waals surface area contributed by atoms with Gasteiger partial charge in [-0.25, -0.2) is 4.79 Å². The molecule has 2 saturated heterocycles. The lowest BCUT2D eigenvalue weighted by Gasteiger charge is -2.38. The van der Waals surface area contributed by atoms with Gasteiger partial charge in [0.05, 0.1) is 12.1 Å². The summed E-state index contributed by atoms with van der Waals surface area (Å²) < 4.78 is 0. The molecular weight excluding hydrogens is 324 g/mol. The number of carbonyl (C=O) groups excluding carboxylic acids is 2. The number of amides is 3. The number of thiazole rings is 1. The van der Waals surface area contributed by atoms with Crippen LogP contribution in [-0.2, 0) is 11.3 Å². The summed E-state index contributed by atoms with van der Waals surface area (Å²) >= 11 is 1.47. The van der Waals surface area contributed by atoms with Crippen LogP contribution in [0.4, 0.5) is 4.79 Å². The van der Waals surface area contributed by atoms with Crippen LogP contribution < -0.4 is 10.6 Å². The van der Waals surface area contributed by atoms with Crippen molar-refractivity contribution in [2.45, 2.75) is 51.6 Å². The molecule has 3 amide bonds. The zero-order chi connectivity index (χ0) is 17.2. The third-order valence-electron chi connectivity index (χ3n) is 5.15. The van der Waals surface area contributed by atoms with Gasteiger partial charge in [-0.05, 0) is 50.6 Å². The van der Waals surface area contributed by atoms with E-state index in [1.807, 2.05) is 0 Å². The van der Waals surface area contributed by atoms with Crippen molar-refractivity contribution in [3.63, 3.8) is 0 Å². The molecule has 1 aromatic rings. The van der Waals surface area contributed by atoms with Crippen molar-refractivity contribution in [1.82, 2.24) is 20.5 Å². The van der Waals surface area contributed by atoms with E-state index >= 15 is 0 Å². The van der Waals surface area contributed by atoms with Crippen LogP contribution >= 0.6 is 11.3 Å². The zero-order valence-corrected chi connectivity index (χ0v) is 15.2. The highest BCUT2D eigenvalue weighted by atomic mass is 32.1. The van der Waals surface area contributed by atoms with Crippen molar-refractivity contribution < 1.29 is 9.59 Å². The monoisotopic (exact) mass is 350 g/mol. The van der Waals surface area contributed by atoms with Gasteiger partial charge in [-0.3, -0.25) is 14.7 Å². The molecule has 3 rings (SSSR count). The van der Waals surface area contributed by atoms with Gasteiger partial charge in [0.1, 0.15) is 5.54 Å². The first-order valence-electron chi connectivity index (χ1n) is 8.75. The number of urea groups is 1. The van der Waals surface area contributed by atoms with Gasteiger partial charge >= 0.3 is 6.03 Å². The number of carbonyl (C=O) groups is 2. The Morgan fingerprint density at radius 2 is 2.12 bits per heavy atom. The third kappa shape index (κ3) is 3.32. The Balaban J connectivity index is 1.84. The van der Waals surface area contributed by atoms with Crippen molar-refractivity contribution in [1.29, 1.82) is 0 Å². The molecule has 24 heavy (non-hydrogen) atoms. The minimum absolute atomic E-state index is 0.0477. The second-order valence-electron chi connectivity index (χ2n) is 7.22. The Hall–Kier alpha value is -1.47. The van der Waals surface area contributed by atoms with E-state index in [-0.39, 0.29) is 17.9 Å². The molecule has 2 N–H and O–H groups in total. The smallest absolute Gasteiger partial charge is 0.323 e. The maximum absolute atomic E-state index is 13.3. The third-order valence-corrected chi connectivity index (χ3v) is 5.92. The Bertz CT molecular complexity index is 583. The summed E-state index contributed by atoms with van der Waals surface area (Å²) in [6, 6.07) is -0.254. The summed E-state index contributed by atoms with van der Waals surface area (Å²) in [4.78, 5) is 32.2. The molecule has 7 heteroatoms. The highest BCUT2D eigenvalue weighted by Crippen LogP contribution is 2.37. The fourth-order valence-electron chi connectivity index (χ4n) is 3.75. The van der Waals surface area contributed by atoms with Crippen molar-refractivity contribution in [2.75, 3.05) is 13.1 Å². The molecule has 0 radical (unpaired) electrons. The number of imide groups is 1. The van der Waals surface area contributed by atoms with Crippen molar-refractivity contribution in [3.8, 4) is 0 Å². The summed E-state index contributed by atoms with van der Waals surface area (Å²) in [6.45, 7) is 6.46. The molecule has 1 aromatic heterocycles. The molecule has 1 unspecified atom stereocenters. The quantitative estimate of drug-likeness (QED) is 0.773. The van der Waals surface area contributed by atoms with Crippen LogP contribution in [0.25, 0.3) is 0 Å². The topological polar surface area (TPSA) is 74.3 Å². The Labute approximate surface area is 147 Å².